The van der Waals surface area contributed by atoms with Crippen LogP contribution in [0.3, 0.4) is 0 Å². The first-order valence-corrected chi connectivity index (χ1v) is 4.19. The average Bonchev–Trinajstić information content (AvgIpc) is 2.05. The molecule has 5 nitrogen and oxygen atoms in total. The third-order valence-electron chi connectivity index (χ3n) is 1.74. The third kappa shape index (κ3) is 2.50. The Balaban J connectivity index is 0.000000671. The second kappa shape index (κ2) is 4.34. The molecule has 0 aromatic carbocycles. The highest BCUT2D eigenvalue weighted by Crippen LogP contribution is 2.17. The van der Waals surface area contributed by atoms with Gasteiger partial charge in [-0.2, -0.15) is 0 Å². The minimum absolute atomic E-state index is 0.237. The minimum Gasteiger partial charge on any atom is -0.389 e. The molecule has 13 heavy (non-hydrogen) atoms. The number of hydrogen-bond donors (Lipinski definition) is 3. The highest BCUT2D eigenvalue weighted by molar-refractivity contribution is 6.02. The molecular formula is C8H15NO4. The van der Waals surface area contributed by atoms with E-state index < -0.39 is 23.5 Å². The zero-order valence-electron chi connectivity index (χ0n) is 8.00. The van der Waals surface area contributed by atoms with E-state index in [4.69, 9.17) is 5.11 Å². The van der Waals surface area contributed by atoms with Gasteiger partial charge in [-0.3, -0.25) is 14.9 Å². The summed E-state index contributed by atoms with van der Waals surface area (Å²) in [5.41, 5.74) is -1.84. The molecule has 2 amide bonds. The lowest BCUT2D eigenvalue weighted by Crippen LogP contribution is -2.59. The van der Waals surface area contributed by atoms with Crippen LogP contribution in [0.1, 0.15) is 27.2 Å². The van der Waals surface area contributed by atoms with Crippen LogP contribution in [0, 0.1) is 0 Å². The number of hydrogen-bond acceptors (Lipinski definition) is 4. The summed E-state index contributed by atoms with van der Waals surface area (Å²) in [6.45, 7) is 5.17. The van der Waals surface area contributed by atoms with Crippen molar-refractivity contribution in [3.8, 4) is 0 Å². The van der Waals surface area contributed by atoms with Gasteiger partial charge in [0, 0.05) is 0 Å². The topological polar surface area (TPSA) is 86.6 Å². The van der Waals surface area contributed by atoms with Crippen LogP contribution in [0.2, 0.25) is 0 Å². The van der Waals surface area contributed by atoms with E-state index in [1.54, 1.807) is 0 Å². The van der Waals surface area contributed by atoms with Crippen LogP contribution in [0.4, 0.5) is 0 Å². The van der Waals surface area contributed by atoms with E-state index in [1.165, 1.54) is 6.92 Å². The van der Waals surface area contributed by atoms with E-state index in [2.05, 4.69) is 0 Å². The van der Waals surface area contributed by atoms with E-state index in [0.717, 1.165) is 0 Å². The zero-order valence-corrected chi connectivity index (χ0v) is 8.00. The molecule has 0 aromatic heterocycles. The lowest BCUT2D eigenvalue weighted by atomic mass is 9.92. The molecule has 0 aromatic rings. The molecule has 1 aliphatic rings. The Kier molecular flexibility index (Phi) is 4.03. The molecule has 0 aliphatic carbocycles. The number of carbonyl (C=O) groups excluding carboxylic acids is 2. The van der Waals surface area contributed by atoms with Gasteiger partial charge < -0.3 is 10.2 Å². The first-order valence-electron chi connectivity index (χ1n) is 4.19. The van der Waals surface area contributed by atoms with Gasteiger partial charge in [0.15, 0.2) is 5.60 Å². The monoisotopic (exact) mass is 189 g/mol. The molecule has 1 aliphatic heterocycles. The summed E-state index contributed by atoms with van der Waals surface area (Å²) in [4.78, 5) is 21.4. The molecule has 1 fully saturated rings. The Bertz CT molecular complexity index is 212. The highest BCUT2D eigenvalue weighted by Gasteiger charge is 2.44. The summed E-state index contributed by atoms with van der Waals surface area (Å²) in [5, 5.41) is 20.2. The van der Waals surface area contributed by atoms with Crippen molar-refractivity contribution >= 4 is 11.8 Å². The summed E-state index contributed by atoms with van der Waals surface area (Å²) in [5.74, 6) is -1.41. The standard InChI is InChI=1S/C6H9NO4.C2H6/c1-6(11)3(8)2-4(9)7-5(6)10;1-2/h3,8,11H,2H2,1H3,(H,7,9,10);1-2H3. The zero-order chi connectivity index (χ0) is 10.6. The summed E-state index contributed by atoms with van der Waals surface area (Å²) < 4.78 is 0. The fourth-order valence-corrected chi connectivity index (χ4v) is 0.830. The highest BCUT2D eigenvalue weighted by atomic mass is 16.4. The van der Waals surface area contributed by atoms with Gasteiger partial charge in [0.1, 0.15) is 6.10 Å². The van der Waals surface area contributed by atoms with Gasteiger partial charge >= 0.3 is 0 Å². The predicted molar refractivity (Wildman–Crippen MR) is 45.7 cm³/mol. The summed E-state index contributed by atoms with van der Waals surface area (Å²) in [6.07, 6.45) is -1.54. The van der Waals surface area contributed by atoms with Gasteiger partial charge in [-0.15, -0.1) is 0 Å². The lowest BCUT2D eigenvalue weighted by molar-refractivity contribution is -0.161. The number of amides is 2. The first kappa shape index (κ1) is 12.1. The van der Waals surface area contributed by atoms with Crippen molar-refractivity contribution in [3.05, 3.63) is 0 Å². The average molecular weight is 189 g/mol. The van der Waals surface area contributed by atoms with Gasteiger partial charge in [-0.25, -0.2) is 0 Å². The Hall–Kier alpha value is -0.940. The maximum absolute atomic E-state index is 10.8. The smallest absolute Gasteiger partial charge is 0.260 e. The van der Waals surface area contributed by atoms with Crippen LogP contribution in [0.15, 0.2) is 0 Å². The third-order valence-corrected chi connectivity index (χ3v) is 1.74. The Morgan fingerprint density at radius 2 is 1.92 bits per heavy atom. The molecule has 1 heterocycles. The Morgan fingerprint density at radius 1 is 1.46 bits per heavy atom. The van der Waals surface area contributed by atoms with Gasteiger partial charge in [-0.05, 0) is 6.92 Å². The second-order valence-corrected chi connectivity index (χ2v) is 2.74. The molecule has 1 saturated heterocycles. The van der Waals surface area contributed by atoms with Gasteiger partial charge in [-0.1, -0.05) is 13.8 Å². The number of imide groups is 1. The van der Waals surface area contributed by atoms with Gasteiger partial charge in [0.2, 0.25) is 5.91 Å². The van der Waals surface area contributed by atoms with Crippen molar-refractivity contribution < 1.29 is 19.8 Å². The maximum Gasteiger partial charge on any atom is 0.260 e. The van der Waals surface area contributed by atoms with Crippen molar-refractivity contribution in [1.82, 2.24) is 5.32 Å². The van der Waals surface area contributed by atoms with Gasteiger partial charge in [0.25, 0.3) is 5.91 Å². The SMILES string of the molecule is CC.CC1(O)C(=O)NC(=O)CC1O. The van der Waals surface area contributed by atoms with Crippen LogP contribution < -0.4 is 5.32 Å². The van der Waals surface area contributed by atoms with Crippen molar-refractivity contribution in [2.45, 2.75) is 38.9 Å². The molecule has 2 atom stereocenters. The minimum atomic E-state index is -1.84. The molecule has 5 heteroatoms. The van der Waals surface area contributed by atoms with Crippen molar-refractivity contribution in [2.24, 2.45) is 0 Å². The van der Waals surface area contributed by atoms with E-state index in [9.17, 15) is 14.7 Å². The lowest BCUT2D eigenvalue weighted by Gasteiger charge is -2.31. The fourth-order valence-electron chi connectivity index (χ4n) is 0.830. The van der Waals surface area contributed by atoms with E-state index in [-0.39, 0.29) is 6.42 Å². The molecule has 0 saturated carbocycles. The summed E-state index contributed by atoms with van der Waals surface area (Å²) in [7, 11) is 0. The molecule has 2 unspecified atom stereocenters. The molecule has 3 N–H and O–H groups in total. The number of rotatable bonds is 0. The number of aliphatic hydroxyl groups excluding tert-OH is 1. The predicted octanol–water partition coefficient (Wildman–Crippen LogP) is -0.829. The van der Waals surface area contributed by atoms with Crippen LogP contribution >= 0.6 is 0 Å². The van der Waals surface area contributed by atoms with E-state index in [0.29, 0.717) is 0 Å². The Labute approximate surface area is 76.8 Å². The van der Waals surface area contributed by atoms with Crippen molar-refractivity contribution in [1.29, 1.82) is 0 Å². The van der Waals surface area contributed by atoms with Crippen LogP contribution in [-0.2, 0) is 9.59 Å². The molecule has 76 valence electrons. The normalized spacial score (nSPS) is 33.2. The fraction of sp³-hybridized carbons (Fsp3) is 0.750. The van der Waals surface area contributed by atoms with E-state index in [1.807, 2.05) is 19.2 Å². The number of carbonyl (C=O) groups is 2. The van der Waals surface area contributed by atoms with Gasteiger partial charge in [0.05, 0.1) is 6.42 Å². The van der Waals surface area contributed by atoms with Crippen molar-refractivity contribution in [2.75, 3.05) is 0 Å². The van der Waals surface area contributed by atoms with E-state index >= 15 is 0 Å². The molecule has 1 rings (SSSR count). The maximum atomic E-state index is 10.8. The van der Waals surface area contributed by atoms with Crippen LogP contribution in [0.5, 0.6) is 0 Å². The number of aliphatic hydroxyl groups is 2. The van der Waals surface area contributed by atoms with Crippen LogP contribution in [0.25, 0.3) is 0 Å². The molecular weight excluding hydrogens is 174 g/mol. The number of piperidine rings is 1. The summed E-state index contributed by atoms with van der Waals surface area (Å²) in [6, 6.07) is 0. The van der Waals surface area contributed by atoms with Crippen molar-refractivity contribution in [3.63, 3.8) is 0 Å². The molecule has 0 bridgehead atoms. The largest absolute Gasteiger partial charge is 0.389 e. The second-order valence-electron chi connectivity index (χ2n) is 2.74. The summed E-state index contributed by atoms with van der Waals surface area (Å²) >= 11 is 0. The quantitative estimate of drug-likeness (QED) is 0.434. The molecule has 0 radical (unpaired) electrons. The Morgan fingerprint density at radius 3 is 2.31 bits per heavy atom. The first-order chi connectivity index (χ1) is 5.94. The molecule has 0 spiro atoms. The number of nitrogens with one attached hydrogen (secondary N) is 1. The van der Waals surface area contributed by atoms with Crippen LogP contribution in [-0.4, -0.2) is 33.7 Å².